The molecule has 0 aliphatic heterocycles. The molecular formula is C16H18N2O3. The van der Waals surface area contributed by atoms with Gasteiger partial charge in [0.05, 0.1) is 0 Å². The van der Waals surface area contributed by atoms with Gasteiger partial charge < -0.3 is 10.1 Å². The van der Waals surface area contributed by atoms with Gasteiger partial charge in [0.1, 0.15) is 5.60 Å². The lowest BCUT2D eigenvalue weighted by molar-refractivity contribution is -0.105. The van der Waals surface area contributed by atoms with Crippen molar-refractivity contribution in [3.05, 3.63) is 42.7 Å². The summed E-state index contributed by atoms with van der Waals surface area (Å²) in [6.45, 7) is 5.45. The van der Waals surface area contributed by atoms with Gasteiger partial charge in [-0.2, -0.15) is 0 Å². The fourth-order valence-electron chi connectivity index (χ4n) is 1.91. The first-order valence-corrected chi connectivity index (χ1v) is 6.61. The van der Waals surface area contributed by atoms with Crippen molar-refractivity contribution in [2.75, 3.05) is 5.32 Å². The van der Waals surface area contributed by atoms with E-state index in [4.69, 9.17) is 4.74 Å². The lowest BCUT2D eigenvalue weighted by Gasteiger charge is -2.19. The zero-order valence-corrected chi connectivity index (χ0v) is 12.3. The minimum atomic E-state index is -0.543. The number of aromatic nitrogens is 1. The Hall–Kier alpha value is -2.56. The molecule has 0 spiro atoms. The van der Waals surface area contributed by atoms with Gasteiger partial charge in [-0.25, -0.2) is 4.79 Å². The average molecular weight is 286 g/mol. The smallest absolute Gasteiger partial charge is 0.418 e. The predicted molar refractivity (Wildman–Crippen MR) is 81.2 cm³/mol. The van der Waals surface area contributed by atoms with Crippen molar-refractivity contribution in [2.24, 2.45) is 0 Å². The molecule has 0 saturated heterocycles. The van der Waals surface area contributed by atoms with Gasteiger partial charge >= 0.3 is 6.09 Å². The van der Waals surface area contributed by atoms with Gasteiger partial charge in [-0.05, 0) is 32.9 Å². The summed E-state index contributed by atoms with van der Waals surface area (Å²) in [7, 11) is 0. The number of carbonyl (C=O) groups excluding carboxylic acids is 2. The maximum Gasteiger partial charge on any atom is 0.418 e. The predicted octanol–water partition coefficient (Wildman–Crippen LogP) is 3.51. The van der Waals surface area contributed by atoms with Crippen LogP contribution in [-0.4, -0.2) is 22.7 Å². The first-order chi connectivity index (χ1) is 9.90. The van der Waals surface area contributed by atoms with Crippen LogP contribution in [0.15, 0.2) is 42.7 Å². The Morgan fingerprint density at radius 3 is 2.62 bits per heavy atom. The second-order valence-corrected chi connectivity index (χ2v) is 5.60. The van der Waals surface area contributed by atoms with Gasteiger partial charge in [0.25, 0.3) is 0 Å². The second kappa shape index (κ2) is 5.83. The molecule has 0 aliphatic carbocycles. The molecule has 1 amide bonds. The molecule has 0 atom stereocenters. The summed E-state index contributed by atoms with van der Waals surface area (Å²) in [4.78, 5) is 22.6. The largest absolute Gasteiger partial charge is 0.443 e. The Morgan fingerprint density at radius 2 is 1.95 bits per heavy atom. The van der Waals surface area contributed by atoms with Crippen LogP contribution in [0.3, 0.4) is 0 Å². The first-order valence-electron chi connectivity index (χ1n) is 6.61. The van der Waals surface area contributed by atoms with Crippen molar-refractivity contribution < 1.29 is 14.3 Å². The topological polar surface area (TPSA) is 60.3 Å². The van der Waals surface area contributed by atoms with Crippen LogP contribution in [0.4, 0.5) is 10.5 Å². The van der Waals surface area contributed by atoms with E-state index < -0.39 is 11.7 Å². The summed E-state index contributed by atoms with van der Waals surface area (Å²) in [5, 5.41) is 2.65. The van der Waals surface area contributed by atoms with Crippen molar-refractivity contribution in [2.45, 2.75) is 26.4 Å². The van der Waals surface area contributed by atoms with E-state index in [0.29, 0.717) is 12.1 Å². The van der Waals surface area contributed by atoms with Gasteiger partial charge in [0.2, 0.25) is 6.41 Å². The monoisotopic (exact) mass is 286 g/mol. The van der Waals surface area contributed by atoms with Crippen molar-refractivity contribution in [1.82, 2.24) is 4.57 Å². The van der Waals surface area contributed by atoms with Gasteiger partial charge in [-0.3, -0.25) is 9.36 Å². The molecule has 0 fully saturated rings. The second-order valence-electron chi connectivity index (χ2n) is 5.60. The number of carbonyl (C=O) groups is 2. The molecule has 1 N–H and O–H groups in total. The highest BCUT2D eigenvalue weighted by Crippen LogP contribution is 2.27. The molecule has 0 radical (unpaired) electrons. The van der Waals surface area contributed by atoms with Crippen LogP contribution in [0.25, 0.3) is 11.1 Å². The molecule has 1 heterocycles. The minimum absolute atomic E-state index is 0.436. The Kier molecular flexibility index (Phi) is 4.12. The Bertz CT molecular complexity index is 654. The van der Waals surface area contributed by atoms with E-state index >= 15 is 0 Å². The Morgan fingerprint density at radius 1 is 1.24 bits per heavy atom. The molecule has 0 bridgehead atoms. The average Bonchev–Trinajstić information content (AvgIpc) is 2.87. The SMILES string of the molecule is CC(C)(C)OC(=O)n1ccc(-c2ccccc2NC=O)c1. The van der Waals surface area contributed by atoms with Crippen LogP contribution >= 0.6 is 0 Å². The molecule has 2 aromatic rings. The van der Waals surface area contributed by atoms with Gasteiger partial charge in [0.15, 0.2) is 0 Å². The number of anilines is 1. The van der Waals surface area contributed by atoms with E-state index in [2.05, 4.69) is 5.32 Å². The van der Waals surface area contributed by atoms with Gasteiger partial charge in [0, 0.05) is 29.2 Å². The van der Waals surface area contributed by atoms with Crippen molar-refractivity contribution >= 4 is 18.2 Å². The molecule has 5 nitrogen and oxygen atoms in total. The number of nitrogens with one attached hydrogen (secondary N) is 1. The third-order valence-corrected chi connectivity index (χ3v) is 2.75. The summed E-state index contributed by atoms with van der Waals surface area (Å²) in [5.41, 5.74) is 1.81. The molecule has 0 saturated carbocycles. The van der Waals surface area contributed by atoms with E-state index in [0.717, 1.165) is 11.1 Å². The quantitative estimate of drug-likeness (QED) is 0.878. The summed E-state index contributed by atoms with van der Waals surface area (Å²) >= 11 is 0. The number of hydrogen-bond acceptors (Lipinski definition) is 3. The third-order valence-electron chi connectivity index (χ3n) is 2.75. The fraction of sp³-hybridized carbons (Fsp3) is 0.250. The van der Waals surface area contributed by atoms with Gasteiger partial charge in [-0.1, -0.05) is 18.2 Å². The first kappa shape index (κ1) is 14.8. The Labute approximate surface area is 123 Å². The van der Waals surface area contributed by atoms with Crippen molar-refractivity contribution in [3.63, 3.8) is 0 Å². The van der Waals surface area contributed by atoms with Crippen LogP contribution < -0.4 is 5.32 Å². The molecule has 0 unspecified atom stereocenters. The lowest BCUT2D eigenvalue weighted by atomic mass is 10.1. The van der Waals surface area contributed by atoms with E-state index in [1.165, 1.54) is 4.57 Å². The number of benzene rings is 1. The zero-order chi connectivity index (χ0) is 15.5. The maximum atomic E-state index is 12.0. The lowest BCUT2D eigenvalue weighted by Crippen LogP contribution is -2.26. The molecule has 110 valence electrons. The van der Waals surface area contributed by atoms with Crippen LogP contribution in [0.2, 0.25) is 0 Å². The summed E-state index contributed by atoms with van der Waals surface area (Å²) in [5.74, 6) is 0. The molecular weight excluding hydrogens is 268 g/mol. The van der Waals surface area contributed by atoms with Gasteiger partial charge in [-0.15, -0.1) is 0 Å². The molecule has 5 heteroatoms. The van der Waals surface area contributed by atoms with E-state index in [9.17, 15) is 9.59 Å². The standard InChI is InChI=1S/C16H18N2O3/c1-16(2,3)21-15(20)18-9-8-12(10-18)13-6-4-5-7-14(13)17-11-19/h4-11H,1-3H3,(H,17,19). The number of amides is 1. The summed E-state index contributed by atoms with van der Waals surface area (Å²) in [6.07, 6.45) is 3.51. The maximum absolute atomic E-state index is 12.0. The van der Waals surface area contributed by atoms with E-state index in [1.54, 1.807) is 24.5 Å². The van der Waals surface area contributed by atoms with Crippen LogP contribution in [0, 0.1) is 0 Å². The molecule has 2 rings (SSSR count). The number of rotatable bonds is 3. The highest BCUT2D eigenvalue weighted by atomic mass is 16.6. The number of nitrogens with zero attached hydrogens (tertiary/aromatic N) is 1. The highest BCUT2D eigenvalue weighted by Gasteiger charge is 2.18. The number of ether oxygens (including phenoxy) is 1. The van der Waals surface area contributed by atoms with Crippen molar-refractivity contribution in [3.8, 4) is 11.1 Å². The minimum Gasteiger partial charge on any atom is -0.443 e. The summed E-state index contributed by atoms with van der Waals surface area (Å²) < 4.78 is 6.69. The van der Waals surface area contributed by atoms with E-state index in [-0.39, 0.29) is 0 Å². The van der Waals surface area contributed by atoms with Crippen LogP contribution in [-0.2, 0) is 9.53 Å². The van der Waals surface area contributed by atoms with Crippen molar-refractivity contribution in [1.29, 1.82) is 0 Å². The molecule has 1 aromatic heterocycles. The Balaban J connectivity index is 2.28. The van der Waals surface area contributed by atoms with Crippen LogP contribution in [0.1, 0.15) is 20.8 Å². The molecule has 21 heavy (non-hydrogen) atoms. The number of hydrogen-bond donors (Lipinski definition) is 1. The summed E-state index contributed by atoms with van der Waals surface area (Å²) in [6, 6.07) is 9.18. The number of para-hydroxylation sites is 1. The third kappa shape index (κ3) is 3.72. The highest BCUT2D eigenvalue weighted by molar-refractivity contribution is 5.85. The fourth-order valence-corrected chi connectivity index (χ4v) is 1.91. The normalized spacial score (nSPS) is 11.0. The van der Waals surface area contributed by atoms with E-state index in [1.807, 2.05) is 39.0 Å². The van der Waals surface area contributed by atoms with Crippen LogP contribution in [0.5, 0.6) is 0 Å². The molecule has 0 aliphatic rings. The molecule has 1 aromatic carbocycles. The zero-order valence-electron chi connectivity index (χ0n) is 12.3.